The molecule has 7 heteroatoms. The lowest BCUT2D eigenvalue weighted by Crippen LogP contribution is -2.44. The minimum Gasteiger partial charge on any atom is -0.444 e. The summed E-state index contributed by atoms with van der Waals surface area (Å²) in [6.07, 6.45) is 0.0948. The van der Waals surface area contributed by atoms with E-state index in [0.29, 0.717) is 18.8 Å². The molecule has 2 heterocycles. The lowest BCUT2D eigenvalue weighted by atomic mass is 10.00. The Morgan fingerprint density at radius 1 is 1.33 bits per heavy atom. The molecule has 0 aliphatic carbocycles. The van der Waals surface area contributed by atoms with Crippen molar-refractivity contribution in [3.05, 3.63) is 34.3 Å². The number of carbonyl (C=O) groups is 2. The summed E-state index contributed by atoms with van der Waals surface area (Å²) in [6.45, 7) is 6.17. The van der Waals surface area contributed by atoms with Gasteiger partial charge < -0.3 is 15.0 Å². The quantitative estimate of drug-likeness (QED) is 0.796. The zero-order chi connectivity index (χ0) is 17.5. The Morgan fingerprint density at radius 3 is 2.62 bits per heavy atom. The van der Waals surface area contributed by atoms with Gasteiger partial charge in [0.1, 0.15) is 11.4 Å². The van der Waals surface area contributed by atoms with Crippen LogP contribution in [0.2, 0.25) is 0 Å². The molecule has 1 fully saturated rings. The van der Waals surface area contributed by atoms with Crippen molar-refractivity contribution in [1.29, 1.82) is 0 Å². The number of hydrogen-bond donors (Lipinski definition) is 1. The minimum absolute atomic E-state index is 0.161. The molecule has 0 radical (unpaired) electrons. The number of carbonyl (C=O) groups excluding carboxylic acids is 2. The van der Waals surface area contributed by atoms with Crippen molar-refractivity contribution in [2.24, 2.45) is 4.99 Å². The van der Waals surface area contributed by atoms with Crippen LogP contribution < -0.4 is 5.32 Å². The number of halogens is 1. The fraction of sp³-hybridized carbons (Fsp3) is 0.471. The molecule has 1 N–H and O–H groups in total. The van der Waals surface area contributed by atoms with E-state index in [1.54, 1.807) is 4.90 Å². The molecule has 1 spiro atoms. The molecular weight excluding hydrogens is 374 g/mol. The molecule has 2 amide bonds. The second-order valence-electron chi connectivity index (χ2n) is 7.10. The average molecular weight is 394 g/mol. The van der Waals surface area contributed by atoms with Crippen molar-refractivity contribution < 1.29 is 14.3 Å². The van der Waals surface area contributed by atoms with Crippen molar-refractivity contribution in [3.8, 4) is 0 Å². The highest BCUT2D eigenvalue weighted by Crippen LogP contribution is 2.31. The first-order valence-corrected chi connectivity index (χ1v) is 8.63. The van der Waals surface area contributed by atoms with Crippen molar-refractivity contribution in [2.45, 2.75) is 38.3 Å². The zero-order valence-corrected chi connectivity index (χ0v) is 15.5. The van der Waals surface area contributed by atoms with Crippen LogP contribution in [0, 0.1) is 0 Å². The van der Waals surface area contributed by atoms with E-state index in [-0.39, 0.29) is 12.5 Å². The number of amides is 2. The highest BCUT2D eigenvalue weighted by molar-refractivity contribution is 9.10. The Kier molecular flexibility index (Phi) is 4.15. The van der Waals surface area contributed by atoms with E-state index in [1.807, 2.05) is 45.0 Å². The lowest BCUT2D eigenvalue weighted by Gasteiger charge is -2.25. The Hall–Kier alpha value is -1.89. The molecule has 1 atom stereocenters. The molecule has 1 unspecified atom stereocenters. The number of ether oxygens (including phenoxy) is 1. The first-order valence-electron chi connectivity index (χ1n) is 7.84. The fourth-order valence-corrected chi connectivity index (χ4v) is 3.08. The predicted molar refractivity (Wildman–Crippen MR) is 94.0 cm³/mol. The van der Waals surface area contributed by atoms with Crippen molar-refractivity contribution >= 4 is 33.8 Å². The van der Waals surface area contributed by atoms with Crippen LogP contribution in [0.25, 0.3) is 0 Å². The first-order chi connectivity index (χ1) is 11.2. The van der Waals surface area contributed by atoms with Gasteiger partial charge in [0.15, 0.2) is 5.54 Å². The Balaban J connectivity index is 1.78. The van der Waals surface area contributed by atoms with Gasteiger partial charge in [-0.15, -0.1) is 0 Å². The number of nitrogens with one attached hydrogen (secondary N) is 1. The second-order valence-corrected chi connectivity index (χ2v) is 8.02. The maximum atomic E-state index is 12.5. The van der Waals surface area contributed by atoms with E-state index >= 15 is 0 Å². The molecule has 1 aromatic rings. The summed E-state index contributed by atoms with van der Waals surface area (Å²) in [7, 11) is 0. The largest absolute Gasteiger partial charge is 0.444 e. The second kappa shape index (κ2) is 5.88. The van der Waals surface area contributed by atoms with E-state index in [2.05, 4.69) is 26.2 Å². The first kappa shape index (κ1) is 17.0. The molecule has 1 saturated heterocycles. The monoisotopic (exact) mass is 393 g/mol. The van der Waals surface area contributed by atoms with Crippen LogP contribution in [0.15, 0.2) is 33.7 Å². The van der Waals surface area contributed by atoms with Crippen LogP contribution in [0.1, 0.15) is 32.8 Å². The molecule has 128 valence electrons. The molecular formula is C17H20BrN3O3. The molecule has 0 bridgehead atoms. The maximum Gasteiger partial charge on any atom is 0.410 e. The Bertz CT molecular complexity index is 709. The van der Waals surface area contributed by atoms with Gasteiger partial charge in [-0.25, -0.2) is 9.79 Å². The smallest absolute Gasteiger partial charge is 0.410 e. The van der Waals surface area contributed by atoms with Gasteiger partial charge in [-0.2, -0.15) is 0 Å². The summed E-state index contributed by atoms with van der Waals surface area (Å²) in [5.41, 5.74) is -0.616. The number of hydrogen-bond acceptors (Lipinski definition) is 4. The minimum atomic E-state index is -0.903. The highest BCUT2D eigenvalue weighted by atomic mass is 79.9. The predicted octanol–water partition coefficient (Wildman–Crippen LogP) is 2.71. The standard InChI is InChI=1S/C17H20BrN3O3/c1-16(2,3)24-15(23)21-9-8-17(10-21)14(22)19-13(20-17)11-4-6-12(18)7-5-11/h4-7H,8-10H2,1-3H3,(H,19,20,22). The average Bonchev–Trinajstić information content (AvgIpc) is 3.04. The third kappa shape index (κ3) is 3.31. The molecule has 3 rings (SSSR count). The maximum absolute atomic E-state index is 12.5. The Labute approximate surface area is 149 Å². The van der Waals surface area contributed by atoms with Gasteiger partial charge in [0, 0.05) is 23.0 Å². The van der Waals surface area contributed by atoms with E-state index in [1.165, 1.54) is 0 Å². The van der Waals surface area contributed by atoms with E-state index < -0.39 is 17.2 Å². The molecule has 2 aliphatic heterocycles. The van der Waals surface area contributed by atoms with Gasteiger partial charge in [0.2, 0.25) is 0 Å². The van der Waals surface area contributed by atoms with Crippen LogP contribution >= 0.6 is 15.9 Å². The van der Waals surface area contributed by atoms with Gasteiger partial charge in [0.05, 0.1) is 6.54 Å². The molecule has 2 aliphatic rings. The summed E-state index contributed by atoms with van der Waals surface area (Å²) in [5, 5.41) is 2.85. The van der Waals surface area contributed by atoms with Gasteiger partial charge >= 0.3 is 6.09 Å². The number of likely N-dealkylation sites (tertiary alicyclic amines) is 1. The fourth-order valence-electron chi connectivity index (χ4n) is 2.81. The topological polar surface area (TPSA) is 71.0 Å². The van der Waals surface area contributed by atoms with E-state index in [9.17, 15) is 9.59 Å². The third-order valence-corrected chi connectivity index (χ3v) is 4.53. The van der Waals surface area contributed by atoms with Gasteiger partial charge in [-0.3, -0.25) is 4.79 Å². The highest BCUT2D eigenvalue weighted by Gasteiger charge is 2.50. The van der Waals surface area contributed by atoms with Crippen LogP contribution in [0.5, 0.6) is 0 Å². The number of nitrogens with zero attached hydrogens (tertiary/aromatic N) is 2. The summed E-state index contributed by atoms with van der Waals surface area (Å²) in [4.78, 5) is 30.9. The van der Waals surface area contributed by atoms with Crippen LogP contribution in [0.3, 0.4) is 0 Å². The van der Waals surface area contributed by atoms with Gasteiger partial charge in [0.25, 0.3) is 5.91 Å². The van der Waals surface area contributed by atoms with Crippen molar-refractivity contribution in [3.63, 3.8) is 0 Å². The van der Waals surface area contributed by atoms with Crippen molar-refractivity contribution in [2.75, 3.05) is 13.1 Å². The Morgan fingerprint density at radius 2 is 2.00 bits per heavy atom. The third-order valence-electron chi connectivity index (χ3n) is 4.00. The zero-order valence-electron chi connectivity index (χ0n) is 13.9. The summed E-state index contributed by atoms with van der Waals surface area (Å²) in [5.74, 6) is 0.394. The number of rotatable bonds is 1. The SMILES string of the molecule is CC(C)(C)OC(=O)N1CCC2(C1)N=C(c1ccc(Br)cc1)NC2=O. The summed E-state index contributed by atoms with van der Waals surface area (Å²) in [6, 6.07) is 7.58. The number of amidine groups is 1. The number of benzene rings is 1. The molecule has 0 aromatic heterocycles. The lowest BCUT2D eigenvalue weighted by molar-refractivity contribution is -0.123. The molecule has 6 nitrogen and oxygen atoms in total. The molecule has 1 aromatic carbocycles. The van der Waals surface area contributed by atoms with Crippen LogP contribution in [-0.4, -0.2) is 47.0 Å². The van der Waals surface area contributed by atoms with Crippen molar-refractivity contribution in [1.82, 2.24) is 10.2 Å². The van der Waals surface area contributed by atoms with E-state index in [0.717, 1.165) is 10.0 Å². The molecule has 0 saturated carbocycles. The van der Waals surface area contributed by atoms with Gasteiger partial charge in [-0.05, 0) is 32.9 Å². The summed E-state index contributed by atoms with van der Waals surface area (Å²) >= 11 is 3.39. The van der Waals surface area contributed by atoms with Crippen LogP contribution in [-0.2, 0) is 9.53 Å². The van der Waals surface area contributed by atoms with Crippen LogP contribution in [0.4, 0.5) is 4.79 Å². The van der Waals surface area contributed by atoms with Gasteiger partial charge in [-0.1, -0.05) is 28.1 Å². The number of aliphatic imine (C=N–C) groups is 1. The van der Waals surface area contributed by atoms with E-state index in [4.69, 9.17) is 4.74 Å². The normalized spacial score (nSPS) is 23.4. The summed E-state index contributed by atoms with van der Waals surface area (Å²) < 4.78 is 6.35. The molecule has 24 heavy (non-hydrogen) atoms.